The van der Waals surface area contributed by atoms with Crippen molar-refractivity contribution in [1.82, 2.24) is 9.97 Å². The molecule has 0 aliphatic rings. The summed E-state index contributed by atoms with van der Waals surface area (Å²) in [7, 11) is 0. The van der Waals surface area contributed by atoms with Crippen LogP contribution in [0.4, 0.5) is 0 Å². The molecule has 7 heteroatoms. The van der Waals surface area contributed by atoms with Crippen LogP contribution in [0.1, 0.15) is 28.8 Å². The van der Waals surface area contributed by atoms with E-state index in [1.807, 2.05) is 45.0 Å². The van der Waals surface area contributed by atoms with E-state index in [9.17, 15) is 9.59 Å². The van der Waals surface area contributed by atoms with Crippen LogP contribution in [0, 0.1) is 13.8 Å². The molecular formula is C20H20N2O4S. The number of esters is 1. The number of carbonyl (C=O) groups is 1. The van der Waals surface area contributed by atoms with E-state index in [0.29, 0.717) is 22.6 Å². The molecule has 3 rings (SSSR count). The molecular weight excluding hydrogens is 364 g/mol. The van der Waals surface area contributed by atoms with E-state index < -0.39 is 5.97 Å². The number of fused-ring (bicyclic) bond motifs is 1. The summed E-state index contributed by atoms with van der Waals surface area (Å²) in [4.78, 5) is 32.9. The number of ether oxygens (including phenoxy) is 2. The minimum atomic E-state index is -0.509. The smallest absolute Gasteiger partial charge is 0.331 e. The topological polar surface area (TPSA) is 81.3 Å². The number of benzene rings is 1. The van der Waals surface area contributed by atoms with Crippen LogP contribution < -0.4 is 10.3 Å². The summed E-state index contributed by atoms with van der Waals surface area (Å²) >= 11 is 1.46. The molecule has 0 radical (unpaired) electrons. The Kier molecular flexibility index (Phi) is 5.71. The lowest BCUT2D eigenvalue weighted by molar-refractivity contribution is -0.139. The van der Waals surface area contributed by atoms with Crippen LogP contribution in [-0.2, 0) is 16.1 Å². The zero-order valence-electron chi connectivity index (χ0n) is 15.4. The molecule has 0 aliphatic carbocycles. The number of aryl methyl sites for hydroxylation is 2. The lowest BCUT2D eigenvalue weighted by Gasteiger charge is -2.03. The van der Waals surface area contributed by atoms with Gasteiger partial charge in [-0.05, 0) is 50.1 Å². The Balaban J connectivity index is 1.63. The maximum atomic E-state index is 12.2. The van der Waals surface area contributed by atoms with Gasteiger partial charge in [0.25, 0.3) is 5.56 Å². The van der Waals surface area contributed by atoms with Crippen molar-refractivity contribution in [2.75, 3.05) is 6.61 Å². The van der Waals surface area contributed by atoms with Gasteiger partial charge in [0.15, 0.2) is 0 Å². The fraction of sp³-hybridized carbons (Fsp3) is 0.250. The highest BCUT2D eigenvalue weighted by atomic mass is 32.1. The summed E-state index contributed by atoms with van der Waals surface area (Å²) < 4.78 is 10.5. The first-order valence-electron chi connectivity index (χ1n) is 8.54. The lowest BCUT2D eigenvalue weighted by Crippen LogP contribution is -2.13. The summed E-state index contributed by atoms with van der Waals surface area (Å²) in [6.07, 6.45) is 3.00. The third kappa shape index (κ3) is 4.43. The maximum Gasteiger partial charge on any atom is 0.331 e. The number of aromatic amines is 1. The first-order chi connectivity index (χ1) is 13.0. The highest BCUT2D eigenvalue weighted by Gasteiger charge is 2.12. The Labute approximate surface area is 160 Å². The molecule has 2 aromatic heterocycles. The Hall–Kier alpha value is -2.93. The maximum absolute atomic E-state index is 12.2. The van der Waals surface area contributed by atoms with Gasteiger partial charge in [0.1, 0.15) is 23.0 Å². The number of thiophene rings is 1. The average Bonchev–Trinajstić information content (AvgIpc) is 2.94. The third-order valence-electron chi connectivity index (χ3n) is 4.04. The standard InChI is InChI=1S/C20H20N2O4S/c1-4-25-15-8-5-14(6-9-15)7-10-17(23)26-11-16-21-19(24)18-12(2)13(3)27-20(18)22-16/h5-10H,4,11H2,1-3H3,(H,21,22,24)/b10-7+. The number of carbonyl (C=O) groups excluding carboxylic acids is 1. The fourth-order valence-electron chi connectivity index (χ4n) is 2.56. The molecule has 6 nitrogen and oxygen atoms in total. The Bertz CT molecular complexity index is 1050. The number of nitrogens with zero attached hydrogens (tertiary/aromatic N) is 1. The predicted molar refractivity (Wildman–Crippen MR) is 106 cm³/mol. The van der Waals surface area contributed by atoms with E-state index in [1.54, 1.807) is 6.08 Å². The summed E-state index contributed by atoms with van der Waals surface area (Å²) in [6, 6.07) is 7.37. The molecule has 0 unspecified atom stereocenters. The van der Waals surface area contributed by atoms with Crippen LogP contribution in [-0.4, -0.2) is 22.5 Å². The number of hydrogen-bond donors (Lipinski definition) is 1. The van der Waals surface area contributed by atoms with Gasteiger partial charge in [-0.1, -0.05) is 12.1 Å². The second-order valence-electron chi connectivity index (χ2n) is 5.92. The Morgan fingerprint density at radius 2 is 2.00 bits per heavy atom. The second kappa shape index (κ2) is 8.18. The van der Waals surface area contributed by atoms with Crippen molar-refractivity contribution >= 4 is 33.6 Å². The van der Waals surface area contributed by atoms with Crippen molar-refractivity contribution in [3.05, 3.63) is 62.5 Å². The number of aromatic nitrogens is 2. The quantitative estimate of drug-likeness (QED) is 0.517. The van der Waals surface area contributed by atoms with E-state index in [-0.39, 0.29) is 12.2 Å². The molecule has 3 aromatic rings. The van der Waals surface area contributed by atoms with E-state index in [1.165, 1.54) is 17.4 Å². The van der Waals surface area contributed by atoms with Crippen LogP contribution in [0.2, 0.25) is 0 Å². The van der Waals surface area contributed by atoms with E-state index in [0.717, 1.165) is 21.8 Å². The molecule has 0 saturated carbocycles. The van der Waals surface area contributed by atoms with Crippen molar-refractivity contribution in [1.29, 1.82) is 0 Å². The Morgan fingerprint density at radius 3 is 2.70 bits per heavy atom. The second-order valence-corrected chi connectivity index (χ2v) is 7.12. The highest BCUT2D eigenvalue weighted by molar-refractivity contribution is 7.18. The fourth-order valence-corrected chi connectivity index (χ4v) is 3.61. The number of rotatable bonds is 6. The minimum Gasteiger partial charge on any atom is -0.494 e. The summed E-state index contributed by atoms with van der Waals surface area (Å²) in [5, 5.41) is 0.600. The third-order valence-corrected chi connectivity index (χ3v) is 5.14. The SMILES string of the molecule is CCOc1ccc(/C=C/C(=O)OCc2nc3sc(C)c(C)c3c(=O)[nH]2)cc1. The van der Waals surface area contributed by atoms with Crippen LogP contribution >= 0.6 is 11.3 Å². The van der Waals surface area contributed by atoms with Crippen molar-refractivity contribution in [3.8, 4) is 5.75 Å². The molecule has 2 heterocycles. The van der Waals surface area contributed by atoms with Gasteiger partial charge in [0.05, 0.1) is 12.0 Å². The van der Waals surface area contributed by atoms with Crippen LogP contribution in [0.25, 0.3) is 16.3 Å². The monoisotopic (exact) mass is 384 g/mol. The van der Waals surface area contributed by atoms with Crippen molar-refractivity contribution in [3.63, 3.8) is 0 Å². The molecule has 0 bridgehead atoms. The van der Waals surface area contributed by atoms with Crippen molar-refractivity contribution in [2.24, 2.45) is 0 Å². The number of hydrogen-bond acceptors (Lipinski definition) is 6. The zero-order chi connectivity index (χ0) is 19.4. The zero-order valence-corrected chi connectivity index (χ0v) is 16.2. The molecule has 1 aromatic carbocycles. The molecule has 27 heavy (non-hydrogen) atoms. The first-order valence-corrected chi connectivity index (χ1v) is 9.36. The van der Waals surface area contributed by atoms with Crippen molar-refractivity contribution < 1.29 is 14.3 Å². The first kappa shape index (κ1) is 18.8. The minimum absolute atomic E-state index is 0.0897. The van der Waals surface area contributed by atoms with Gasteiger partial charge in [0, 0.05) is 11.0 Å². The van der Waals surface area contributed by atoms with Gasteiger partial charge in [0.2, 0.25) is 0 Å². The van der Waals surface area contributed by atoms with Gasteiger partial charge in [-0.2, -0.15) is 0 Å². The molecule has 0 aliphatic heterocycles. The van der Waals surface area contributed by atoms with E-state index in [2.05, 4.69) is 9.97 Å². The van der Waals surface area contributed by atoms with Crippen LogP contribution in [0.3, 0.4) is 0 Å². The summed E-state index contributed by atoms with van der Waals surface area (Å²) in [5.41, 5.74) is 1.58. The molecule has 0 fully saturated rings. The Morgan fingerprint density at radius 1 is 1.26 bits per heavy atom. The molecule has 0 amide bonds. The molecule has 140 valence electrons. The molecule has 0 atom stereocenters. The molecule has 0 spiro atoms. The molecule has 1 N–H and O–H groups in total. The van der Waals surface area contributed by atoms with Crippen molar-refractivity contribution in [2.45, 2.75) is 27.4 Å². The van der Waals surface area contributed by atoms with Gasteiger partial charge in [-0.25, -0.2) is 9.78 Å². The van der Waals surface area contributed by atoms with Crippen LogP contribution in [0.15, 0.2) is 35.1 Å². The van der Waals surface area contributed by atoms with Gasteiger partial charge < -0.3 is 14.5 Å². The van der Waals surface area contributed by atoms with Gasteiger partial charge >= 0.3 is 5.97 Å². The normalized spacial score (nSPS) is 11.2. The summed E-state index contributed by atoms with van der Waals surface area (Å²) in [6.45, 7) is 6.29. The highest BCUT2D eigenvalue weighted by Crippen LogP contribution is 2.25. The van der Waals surface area contributed by atoms with Gasteiger partial charge in [-0.3, -0.25) is 4.79 Å². The van der Waals surface area contributed by atoms with Gasteiger partial charge in [-0.15, -0.1) is 11.3 Å². The number of H-pyrrole nitrogens is 1. The lowest BCUT2D eigenvalue weighted by atomic mass is 10.2. The summed E-state index contributed by atoms with van der Waals surface area (Å²) in [5.74, 6) is 0.600. The average molecular weight is 384 g/mol. The van der Waals surface area contributed by atoms with E-state index >= 15 is 0 Å². The molecule has 0 saturated heterocycles. The largest absolute Gasteiger partial charge is 0.494 e. The van der Waals surface area contributed by atoms with E-state index in [4.69, 9.17) is 9.47 Å². The predicted octanol–water partition coefficient (Wildman–Crippen LogP) is 3.76. The van der Waals surface area contributed by atoms with Crippen LogP contribution in [0.5, 0.6) is 5.75 Å². The number of nitrogens with one attached hydrogen (secondary N) is 1.